The minimum absolute atomic E-state index is 0.727. The van der Waals surface area contributed by atoms with Crippen molar-refractivity contribution in [3.05, 3.63) is 51.1 Å². The summed E-state index contributed by atoms with van der Waals surface area (Å²) < 4.78 is 1.25. The van der Waals surface area contributed by atoms with Crippen molar-refractivity contribution in [3.63, 3.8) is 0 Å². The summed E-state index contributed by atoms with van der Waals surface area (Å²) in [5.41, 5.74) is 3.42. The molecule has 2 aromatic rings. The first kappa shape index (κ1) is 12.3. The normalized spacial score (nSPS) is 10.3. The van der Waals surface area contributed by atoms with Crippen LogP contribution in [0.3, 0.4) is 0 Å². The molecule has 17 heavy (non-hydrogen) atoms. The smallest absolute Gasteiger partial charge is 0.125 e. The zero-order valence-electron chi connectivity index (χ0n) is 9.87. The van der Waals surface area contributed by atoms with Crippen LogP contribution in [0.25, 0.3) is 0 Å². The van der Waals surface area contributed by atoms with Crippen LogP contribution in [-0.4, -0.2) is 9.97 Å². The van der Waals surface area contributed by atoms with Crippen molar-refractivity contribution in [2.75, 3.05) is 5.32 Å². The number of anilines is 1. The fourth-order valence-electron chi connectivity index (χ4n) is 1.61. The van der Waals surface area contributed by atoms with Crippen LogP contribution in [0.1, 0.15) is 17.1 Å². The predicted octanol–water partition coefficient (Wildman–Crippen LogP) is 3.31. The van der Waals surface area contributed by atoms with Gasteiger partial charge >= 0.3 is 0 Å². The first-order valence-corrected chi connectivity index (χ1v) is 6.51. The molecule has 2 rings (SSSR count). The third-order valence-corrected chi connectivity index (χ3v) is 3.15. The Morgan fingerprint density at radius 1 is 1.24 bits per heavy atom. The summed E-state index contributed by atoms with van der Waals surface area (Å²) in [5.74, 6) is 0.809. The van der Waals surface area contributed by atoms with E-state index in [1.807, 2.05) is 13.0 Å². The summed E-state index contributed by atoms with van der Waals surface area (Å²) in [7, 11) is 0. The van der Waals surface area contributed by atoms with Crippen molar-refractivity contribution < 1.29 is 0 Å². The van der Waals surface area contributed by atoms with Gasteiger partial charge in [0.25, 0.3) is 0 Å². The van der Waals surface area contributed by atoms with Gasteiger partial charge in [-0.25, -0.2) is 9.97 Å². The van der Waals surface area contributed by atoms with E-state index in [4.69, 9.17) is 0 Å². The lowest BCUT2D eigenvalue weighted by molar-refractivity contribution is 0.954. The maximum Gasteiger partial charge on any atom is 0.125 e. The van der Waals surface area contributed by atoms with Gasteiger partial charge in [0, 0.05) is 15.5 Å². The number of nitrogens with one attached hydrogen (secondary N) is 1. The molecule has 0 fully saturated rings. The van der Waals surface area contributed by atoms with Gasteiger partial charge in [-0.3, -0.25) is 0 Å². The summed E-state index contributed by atoms with van der Waals surface area (Å²) in [6.45, 7) is 4.74. The number of aromatic nitrogens is 2. The second-order valence-electron chi connectivity index (χ2n) is 3.91. The van der Waals surface area contributed by atoms with E-state index < -0.39 is 0 Å². The molecule has 0 bridgehead atoms. The molecule has 0 saturated carbocycles. The van der Waals surface area contributed by atoms with Crippen molar-refractivity contribution in [2.45, 2.75) is 20.4 Å². The van der Waals surface area contributed by atoms with Crippen LogP contribution in [0.4, 0.5) is 5.69 Å². The van der Waals surface area contributed by atoms with Gasteiger partial charge in [-0.05, 0) is 66.3 Å². The summed E-state index contributed by atoms with van der Waals surface area (Å²) in [4.78, 5) is 8.44. The Bertz CT molecular complexity index is 526. The minimum atomic E-state index is 0.727. The van der Waals surface area contributed by atoms with Crippen LogP contribution >= 0.6 is 22.6 Å². The van der Waals surface area contributed by atoms with Gasteiger partial charge in [0.15, 0.2) is 0 Å². The zero-order valence-corrected chi connectivity index (χ0v) is 12.0. The average molecular weight is 339 g/mol. The number of hydrogen-bond acceptors (Lipinski definition) is 3. The van der Waals surface area contributed by atoms with Gasteiger partial charge in [-0.15, -0.1) is 0 Å². The number of benzene rings is 1. The van der Waals surface area contributed by atoms with Crippen LogP contribution in [0.15, 0.2) is 30.5 Å². The SMILES string of the molecule is Cc1nccc(CNc2ccc(I)cc2C)n1. The van der Waals surface area contributed by atoms with Crippen molar-refractivity contribution >= 4 is 28.3 Å². The standard InChI is InChI=1S/C13H14IN3/c1-9-7-11(14)3-4-13(9)16-8-12-5-6-15-10(2)17-12/h3-7,16H,8H2,1-2H3. The summed E-state index contributed by atoms with van der Waals surface area (Å²) >= 11 is 2.32. The van der Waals surface area contributed by atoms with Crippen molar-refractivity contribution in [2.24, 2.45) is 0 Å². The van der Waals surface area contributed by atoms with Gasteiger partial charge in [-0.1, -0.05) is 0 Å². The van der Waals surface area contributed by atoms with Crippen LogP contribution in [0, 0.1) is 17.4 Å². The number of rotatable bonds is 3. The molecule has 4 heteroatoms. The molecule has 1 N–H and O–H groups in total. The van der Waals surface area contributed by atoms with Gasteiger partial charge in [0.2, 0.25) is 0 Å². The van der Waals surface area contributed by atoms with E-state index in [1.54, 1.807) is 6.20 Å². The molecule has 0 amide bonds. The van der Waals surface area contributed by atoms with Crippen LogP contribution in [0.2, 0.25) is 0 Å². The lowest BCUT2D eigenvalue weighted by atomic mass is 10.2. The first-order chi connectivity index (χ1) is 8.15. The third kappa shape index (κ3) is 3.39. The lowest BCUT2D eigenvalue weighted by Gasteiger charge is -2.09. The van der Waals surface area contributed by atoms with E-state index in [-0.39, 0.29) is 0 Å². The maximum absolute atomic E-state index is 4.36. The highest BCUT2D eigenvalue weighted by molar-refractivity contribution is 14.1. The van der Waals surface area contributed by atoms with E-state index in [0.717, 1.165) is 23.8 Å². The summed E-state index contributed by atoms with van der Waals surface area (Å²) in [6.07, 6.45) is 1.79. The Kier molecular flexibility index (Phi) is 3.93. The first-order valence-electron chi connectivity index (χ1n) is 5.44. The van der Waals surface area contributed by atoms with Gasteiger partial charge in [0.1, 0.15) is 5.82 Å². The summed E-state index contributed by atoms with van der Waals surface area (Å²) in [5, 5.41) is 3.39. The maximum atomic E-state index is 4.36. The molecule has 1 aromatic heterocycles. The Morgan fingerprint density at radius 2 is 2.06 bits per heavy atom. The fourth-order valence-corrected chi connectivity index (χ4v) is 2.26. The lowest BCUT2D eigenvalue weighted by Crippen LogP contribution is -2.04. The summed E-state index contributed by atoms with van der Waals surface area (Å²) in [6, 6.07) is 8.29. The second kappa shape index (κ2) is 5.44. The molecule has 0 atom stereocenters. The number of halogens is 1. The highest BCUT2D eigenvalue weighted by atomic mass is 127. The predicted molar refractivity (Wildman–Crippen MR) is 78.0 cm³/mol. The highest BCUT2D eigenvalue weighted by Gasteiger charge is 2.00. The van der Waals surface area contributed by atoms with E-state index in [0.29, 0.717) is 0 Å². The molecule has 88 valence electrons. The van der Waals surface area contributed by atoms with E-state index >= 15 is 0 Å². The topological polar surface area (TPSA) is 37.8 Å². The fraction of sp³-hybridized carbons (Fsp3) is 0.231. The van der Waals surface area contributed by atoms with E-state index in [9.17, 15) is 0 Å². The molecule has 1 heterocycles. The minimum Gasteiger partial charge on any atom is -0.379 e. The zero-order chi connectivity index (χ0) is 12.3. The van der Waals surface area contributed by atoms with Crippen LogP contribution in [-0.2, 0) is 6.54 Å². The third-order valence-electron chi connectivity index (χ3n) is 2.48. The van der Waals surface area contributed by atoms with Crippen molar-refractivity contribution in [3.8, 4) is 0 Å². The molecular formula is C13H14IN3. The van der Waals surface area contributed by atoms with Gasteiger partial charge < -0.3 is 5.32 Å². The average Bonchev–Trinajstić information content (AvgIpc) is 2.28. The molecule has 0 unspecified atom stereocenters. The Labute approximate surface area is 115 Å². The Balaban J connectivity index is 2.07. The molecular weight excluding hydrogens is 325 g/mol. The molecule has 1 aromatic carbocycles. The monoisotopic (exact) mass is 339 g/mol. The largest absolute Gasteiger partial charge is 0.379 e. The number of nitrogens with zero attached hydrogens (tertiary/aromatic N) is 2. The molecule has 0 radical (unpaired) electrons. The van der Waals surface area contributed by atoms with Crippen molar-refractivity contribution in [1.29, 1.82) is 0 Å². The van der Waals surface area contributed by atoms with Gasteiger partial charge in [-0.2, -0.15) is 0 Å². The van der Waals surface area contributed by atoms with E-state index in [1.165, 1.54) is 9.13 Å². The Hall–Kier alpha value is -1.17. The quantitative estimate of drug-likeness (QED) is 0.872. The van der Waals surface area contributed by atoms with Gasteiger partial charge in [0.05, 0.1) is 12.2 Å². The highest BCUT2D eigenvalue weighted by Crippen LogP contribution is 2.18. The van der Waals surface area contributed by atoms with E-state index in [2.05, 4.69) is 63.0 Å². The molecule has 0 aliphatic carbocycles. The molecule has 0 aliphatic rings. The molecule has 0 aliphatic heterocycles. The van der Waals surface area contributed by atoms with Crippen LogP contribution < -0.4 is 5.32 Å². The molecule has 0 saturated heterocycles. The number of hydrogen-bond donors (Lipinski definition) is 1. The number of aryl methyl sites for hydroxylation is 2. The van der Waals surface area contributed by atoms with Crippen molar-refractivity contribution in [1.82, 2.24) is 9.97 Å². The molecule has 0 spiro atoms. The van der Waals surface area contributed by atoms with Crippen LogP contribution in [0.5, 0.6) is 0 Å². The second-order valence-corrected chi connectivity index (χ2v) is 5.15. The molecule has 3 nitrogen and oxygen atoms in total. The Morgan fingerprint density at radius 3 is 2.76 bits per heavy atom.